The van der Waals surface area contributed by atoms with Gasteiger partial charge in [-0.1, -0.05) is 19.9 Å². The van der Waals surface area contributed by atoms with Crippen molar-refractivity contribution in [1.82, 2.24) is 20.0 Å². The summed E-state index contributed by atoms with van der Waals surface area (Å²) in [5.74, 6) is 0.402. The minimum atomic E-state index is -0.524. The van der Waals surface area contributed by atoms with Crippen LogP contribution in [-0.4, -0.2) is 80.6 Å². The van der Waals surface area contributed by atoms with Gasteiger partial charge in [0.1, 0.15) is 11.6 Å². The van der Waals surface area contributed by atoms with Crippen LogP contribution in [0.4, 0.5) is 8.78 Å². The molecule has 8 heteroatoms. The van der Waals surface area contributed by atoms with E-state index in [4.69, 9.17) is 4.99 Å². The molecule has 0 aliphatic carbocycles. The zero-order valence-corrected chi connectivity index (χ0v) is 21.3. The maximum Gasteiger partial charge on any atom is 0.193 e. The molecule has 5 nitrogen and oxygen atoms in total. The van der Waals surface area contributed by atoms with Gasteiger partial charge in [-0.3, -0.25) is 4.99 Å². The van der Waals surface area contributed by atoms with E-state index in [0.717, 1.165) is 51.6 Å². The molecule has 172 valence electrons. The Morgan fingerprint density at radius 1 is 1.20 bits per heavy atom. The number of halogens is 3. The van der Waals surface area contributed by atoms with E-state index in [2.05, 4.69) is 29.0 Å². The molecule has 1 aromatic carbocycles. The first kappa shape index (κ1) is 27.0. The summed E-state index contributed by atoms with van der Waals surface area (Å²) in [6.45, 7) is 12.7. The zero-order chi connectivity index (χ0) is 21.4. The first-order valence-electron chi connectivity index (χ1n) is 10.8. The molecule has 0 saturated carbocycles. The topological polar surface area (TPSA) is 34.1 Å². The third-order valence-corrected chi connectivity index (χ3v) is 5.70. The van der Waals surface area contributed by atoms with E-state index in [9.17, 15) is 8.78 Å². The van der Waals surface area contributed by atoms with Crippen molar-refractivity contribution in [2.75, 3.05) is 59.9 Å². The minimum absolute atomic E-state index is 0. The fraction of sp³-hybridized carbons (Fsp3) is 0.682. The van der Waals surface area contributed by atoms with E-state index < -0.39 is 17.7 Å². The number of hydrogen-bond donors (Lipinski definition) is 1. The summed E-state index contributed by atoms with van der Waals surface area (Å²) in [6, 6.07) is 3.55. The molecule has 1 saturated heterocycles. The van der Waals surface area contributed by atoms with E-state index in [-0.39, 0.29) is 29.5 Å². The fourth-order valence-corrected chi connectivity index (χ4v) is 3.96. The van der Waals surface area contributed by atoms with Gasteiger partial charge in [-0.2, -0.15) is 0 Å². The van der Waals surface area contributed by atoms with Crippen molar-refractivity contribution < 1.29 is 8.78 Å². The normalized spacial score (nSPS) is 18.1. The highest BCUT2D eigenvalue weighted by atomic mass is 127. The van der Waals surface area contributed by atoms with Crippen molar-refractivity contribution >= 4 is 29.9 Å². The monoisotopic (exact) mass is 537 g/mol. The highest BCUT2D eigenvalue weighted by Crippen LogP contribution is 2.25. The summed E-state index contributed by atoms with van der Waals surface area (Å²) in [5, 5.41) is 3.36. The molecule has 30 heavy (non-hydrogen) atoms. The molecule has 0 radical (unpaired) electrons. The van der Waals surface area contributed by atoms with Gasteiger partial charge in [0.2, 0.25) is 0 Å². The minimum Gasteiger partial charge on any atom is -0.357 e. The Morgan fingerprint density at radius 2 is 1.83 bits per heavy atom. The van der Waals surface area contributed by atoms with Crippen LogP contribution in [0, 0.1) is 17.6 Å². The molecule has 2 rings (SSSR count). The second-order valence-electron chi connectivity index (χ2n) is 7.90. The van der Waals surface area contributed by atoms with E-state index in [0.29, 0.717) is 12.5 Å². The third kappa shape index (κ3) is 7.30. The Hall–Kier alpha value is -1.00. The second kappa shape index (κ2) is 13.4. The van der Waals surface area contributed by atoms with Crippen molar-refractivity contribution in [1.29, 1.82) is 0 Å². The van der Waals surface area contributed by atoms with Crippen molar-refractivity contribution in [2.45, 2.75) is 33.2 Å². The number of nitrogens with one attached hydrogen (secondary N) is 1. The largest absolute Gasteiger partial charge is 0.357 e. The third-order valence-electron chi connectivity index (χ3n) is 5.70. The lowest BCUT2D eigenvalue weighted by Crippen LogP contribution is -2.41. The molecule has 1 fully saturated rings. The molecule has 0 spiro atoms. The van der Waals surface area contributed by atoms with Crippen LogP contribution in [0.2, 0.25) is 0 Å². The number of rotatable bonds is 9. The van der Waals surface area contributed by atoms with Crippen molar-refractivity contribution in [3.63, 3.8) is 0 Å². The van der Waals surface area contributed by atoms with Gasteiger partial charge in [-0.05, 0) is 58.6 Å². The van der Waals surface area contributed by atoms with Gasteiger partial charge in [0, 0.05) is 31.7 Å². The first-order chi connectivity index (χ1) is 13.9. The molecule has 2 unspecified atom stereocenters. The van der Waals surface area contributed by atoms with Crippen LogP contribution in [0.1, 0.15) is 38.8 Å². The Morgan fingerprint density at radius 3 is 2.37 bits per heavy atom. The molecular formula is C22H38F2IN5. The van der Waals surface area contributed by atoms with Gasteiger partial charge in [0.25, 0.3) is 0 Å². The molecule has 1 aliphatic heterocycles. The average molecular weight is 537 g/mol. The van der Waals surface area contributed by atoms with Crippen LogP contribution >= 0.6 is 24.0 Å². The molecule has 0 bridgehead atoms. The number of aliphatic imine (C=N–C) groups is 1. The molecule has 2 atom stereocenters. The summed E-state index contributed by atoms with van der Waals surface area (Å²) >= 11 is 0. The Labute approximate surface area is 197 Å². The van der Waals surface area contributed by atoms with Crippen LogP contribution < -0.4 is 5.32 Å². The van der Waals surface area contributed by atoms with Crippen LogP contribution in [0.3, 0.4) is 0 Å². The smallest absolute Gasteiger partial charge is 0.193 e. The SMILES string of the molecule is CCNC(=NCC(c1c(F)cccc1F)N(C)C)N1CCC(CN(CC)CC)C1.I. The summed E-state index contributed by atoms with van der Waals surface area (Å²) in [4.78, 5) is 11.3. The number of likely N-dealkylation sites (tertiary alicyclic amines) is 1. The van der Waals surface area contributed by atoms with Crippen LogP contribution in [-0.2, 0) is 0 Å². The van der Waals surface area contributed by atoms with Crippen molar-refractivity contribution in [3.8, 4) is 0 Å². The summed E-state index contributed by atoms with van der Waals surface area (Å²) < 4.78 is 28.7. The molecule has 0 amide bonds. The number of benzene rings is 1. The Kier molecular flexibility index (Phi) is 12.1. The summed E-state index contributed by atoms with van der Waals surface area (Å²) in [6.07, 6.45) is 1.14. The lowest BCUT2D eigenvalue weighted by atomic mass is 10.0. The molecule has 1 aliphatic rings. The van der Waals surface area contributed by atoms with E-state index in [1.54, 1.807) is 0 Å². The zero-order valence-electron chi connectivity index (χ0n) is 19.0. The number of hydrogen-bond acceptors (Lipinski definition) is 3. The van der Waals surface area contributed by atoms with Crippen LogP contribution in [0.25, 0.3) is 0 Å². The van der Waals surface area contributed by atoms with E-state index in [1.807, 2.05) is 25.9 Å². The van der Waals surface area contributed by atoms with Gasteiger partial charge in [0.15, 0.2) is 5.96 Å². The molecule has 1 aromatic rings. The van der Waals surface area contributed by atoms with Crippen LogP contribution in [0.15, 0.2) is 23.2 Å². The van der Waals surface area contributed by atoms with Gasteiger partial charge < -0.3 is 20.0 Å². The maximum absolute atomic E-state index is 14.3. The van der Waals surface area contributed by atoms with Crippen molar-refractivity contribution in [2.24, 2.45) is 10.9 Å². The predicted molar refractivity (Wildman–Crippen MR) is 132 cm³/mol. The second-order valence-corrected chi connectivity index (χ2v) is 7.90. The molecule has 0 aromatic heterocycles. The summed E-state index contributed by atoms with van der Waals surface area (Å²) in [5.41, 5.74) is 0.0814. The number of nitrogens with zero attached hydrogens (tertiary/aromatic N) is 4. The van der Waals surface area contributed by atoms with Gasteiger partial charge in [-0.25, -0.2) is 8.78 Å². The number of likely N-dealkylation sites (N-methyl/N-ethyl adjacent to an activating group) is 1. The average Bonchev–Trinajstić information content (AvgIpc) is 3.15. The number of guanidine groups is 1. The standard InChI is InChI=1S/C22H37F2N5.HI/c1-6-25-22(29-13-12-17(16-29)15-28(7-2)8-3)26-14-20(27(4)5)21-18(23)10-9-11-19(21)24;/h9-11,17,20H,6-8,12-16H2,1-5H3,(H,25,26);1H. The highest BCUT2D eigenvalue weighted by Gasteiger charge is 2.27. The quantitative estimate of drug-likeness (QED) is 0.295. The lowest BCUT2D eigenvalue weighted by molar-refractivity contribution is 0.255. The fourth-order valence-electron chi connectivity index (χ4n) is 3.96. The Bertz CT molecular complexity index is 647. The molecular weight excluding hydrogens is 499 g/mol. The summed E-state index contributed by atoms with van der Waals surface area (Å²) in [7, 11) is 3.66. The van der Waals surface area contributed by atoms with Crippen LogP contribution in [0.5, 0.6) is 0 Å². The van der Waals surface area contributed by atoms with Gasteiger partial charge in [-0.15, -0.1) is 24.0 Å². The highest BCUT2D eigenvalue weighted by molar-refractivity contribution is 14.0. The Balaban J connectivity index is 0.00000450. The van der Waals surface area contributed by atoms with Crippen molar-refractivity contribution in [3.05, 3.63) is 35.4 Å². The maximum atomic E-state index is 14.3. The molecule has 1 heterocycles. The van der Waals surface area contributed by atoms with Gasteiger partial charge >= 0.3 is 0 Å². The molecule has 1 N–H and O–H groups in total. The van der Waals surface area contributed by atoms with E-state index >= 15 is 0 Å². The first-order valence-corrected chi connectivity index (χ1v) is 10.8. The van der Waals surface area contributed by atoms with E-state index in [1.165, 1.54) is 18.2 Å². The van der Waals surface area contributed by atoms with Gasteiger partial charge in [0.05, 0.1) is 12.6 Å². The lowest BCUT2D eigenvalue weighted by Gasteiger charge is -2.27. The predicted octanol–water partition coefficient (Wildman–Crippen LogP) is 3.81.